The van der Waals surface area contributed by atoms with Gasteiger partial charge in [-0.1, -0.05) is 6.82 Å². The van der Waals surface area contributed by atoms with E-state index in [1.54, 1.807) is 0 Å². The normalized spacial score (nSPS) is 28.8. The molecule has 0 amide bonds. The molecular weight excluding hydrogens is 380 g/mol. The van der Waals surface area contributed by atoms with E-state index in [0.29, 0.717) is 0 Å². The van der Waals surface area contributed by atoms with Gasteiger partial charge in [0, 0.05) is 5.00 Å². The van der Waals surface area contributed by atoms with E-state index in [-0.39, 0.29) is 13.2 Å². The van der Waals surface area contributed by atoms with Crippen molar-refractivity contribution in [2.45, 2.75) is 25.1 Å². The maximum atomic E-state index is 9.60. The van der Waals surface area contributed by atoms with Gasteiger partial charge in [-0.3, -0.25) is 0 Å². The van der Waals surface area contributed by atoms with Gasteiger partial charge in [0.05, 0.1) is 12.9 Å². The molecule has 2 unspecified atom stereocenters. The molecule has 92 valence electrons. The van der Waals surface area contributed by atoms with Crippen LogP contribution in [0.2, 0.25) is 6.82 Å². The smallest absolute Gasteiger partial charge is 0.312 e. The molecule has 0 radical (unpaired) electrons. The van der Waals surface area contributed by atoms with Crippen LogP contribution in [-0.4, -0.2) is 43.2 Å². The van der Waals surface area contributed by atoms with Gasteiger partial charge in [0.2, 0.25) is 1.43 Å². The fraction of sp³-hybridized carbons (Fsp3) is 0.714. The van der Waals surface area contributed by atoms with Crippen LogP contribution in [0.5, 0.6) is 0 Å². The molecule has 0 aromatic heterocycles. The molecule has 0 aromatic carbocycles. The van der Waals surface area contributed by atoms with Gasteiger partial charge in [-0.2, -0.15) is 0 Å². The summed E-state index contributed by atoms with van der Waals surface area (Å²) in [5.74, 6) is 0. The standard InChI is InChI=1S/C7H14BO4P.IPS/c1-8(13)12-7-5(10)2-3-11-6(7)4-9;1-2-3/h2-3,5-7,9-10H,4,13H2,1H3;/t5-,6?,7+;/m1./s1/i9T;. The van der Waals surface area contributed by atoms with Crippen molar-refractivity contribution in [1.29, 1.82) is 1.43 Å². The molecule has 1 aliphatic rings. The van der Waals surface area contributed by atoms with Gasteiger partial charge in [0.15, 0.2) is 0 Å². The third kappa shape index (κ3) is 6.79. The van der Waals surface area contributed by atoms with Crippen LogP contribution < -0.4 is 0 Å². The van der Waals surface area contributed by atoms with Crippen LogP contribution in [0, 0.1) is 0 Å². The quantitative estimate of drug-likeness (QED) is 0.428. The van der Waals surface area contributed by atoms with Crippen LogP contribution in [0.25, 0.3) is 0 Å². The Morgan fingerprint density at radius 1 is 1.88 bits per heavy atom. The van der Waals surface area contributed by atoms with Crippen molar-refractivity contribution < 1.29 is 19.6 Å². The first kappa shape index (κ1) is 15.2. The highest BCUT2D eigenvalue weighted by Crippen LogP contribution is 2.17. The van der Waals surface area contributed by atoms with Crippen molar-refractivity contribution in [2.75, 3.05) is 6.61 Å². The van der Waals surface area contributed by atoms with E-state index < -0.39 is 18.3 Å². The van der Waals surface area contributed by atoms with Crippen LogP contribution >= 0.6 is 36.2 Å². The Kier molecular flexibility index (Phi) is 9.63. The highest BCUT2D eigenvalue weighted by atomic mass is 127. The Morgan fingerprint density at radius 3 is 3.00 bits per heavy atom. The highest BCUT2D eigenvalue weighted by Gasteiger charge is 2.32. The van der Waals surface area contributed by atoms with E-state index >= 15 is 0 Å². The molecule has 0 bridgehead atoms. The first-order chi connectivity index (χ1) is 8.06. The molecule has 0 aromatic rings. The van der Waals surface area contributed by atoms with E-state index in [0.717, 1.165) is 5.00 Å². The Labute approximate surface area is 119 Å². The molecule has 1 heterocycles. The molecule has 0 spiro atoms. The summed E-state index contributed by atoms with van der Waals surface area (Å²) in [5, 5.41) is 13.8. The number of halogens is 1. The Morgan fingerprint density at radius 2 is 2.50 bits per heavy atom. The van der Waals surface area contributed by atoms with Crippen LogP contribution in [0.15, 0.2) is 12.3 Å². The lowest BCUT2D eigenvalue weighted by atomic mass is 9.99. The van der Waals surface area contributed by atoms with Crippen LogP contribution in [0.1, 0.15) is 0 Å². The van der Waals surface area contributed by atoms with Gasteiger partial charge in [-0.25, -0.2) is 0 Å². The molecule has 1 rings (SSSR count). The lowest BCUT2D eigenvalue weighted by Gasteiger charge is -2.32. The predicted octanol–water partition coefficient (Wildman–Crippen LogP) is 1.37. The molecule has 4 nitrogen and oxygen atoms in total. The van der Waals surface area contributed by atoms with Crippen LogP contribution in [-0.2, 0) is 21.2 Å². The molecule has 16 heavy (non-hydrogen) atoms. The number of aliphatic hydroxyl groups excluding tert-OH is 2. The van der Waals surface area contributed by atoms with E-state index in [2.05, 4.69) is 48.1 Å². The molecular formula is C7H14BIO4P2S. The first-order valence-electron chi connectivity index (χ1n) is 4.90. The molecule has 4 atom stereocenters. The molecule has 2 N–H and O–H groups in total. The van der Waals surface area contributed by atoms with Crippen molar-refractivity contribution >= 4 is 54.6 Å². The second-order valence-electron chi connectivity index (χ2n) is 3.04. The SMILES string of the molecule is S=PI.[3H]OCC1OC=C[C@@H](O)[C@@H]1OB(C)P. The molecule has 0 fully saturated rings. The molecule has 1 aliphatic heterocycles. The fourth-order valence-electron chi connectivity index (χ4n) is 1.18. The van der Waals surface area contributed by atoms with E-state index in [4.69, 9.17) is 10.8 Å². The summed E-state index contributed by atoms with van der Waals surface area (Å²) in [6.07, 6.45) is 1.28. The topological polar surface area (TPSA) is 58.9 Å². The lowest BCUT2D eigenvalue weighted by Crippen LogP contribution is -2.45. The summed E-state index contributed by atoms with van der Waals surface area (Å²) in [7, 11) is 2.47. The molecule has 9 heteroatoms. The van der Waals surface area contributed by atoms with E-state index in [1.807, 2.05) is 6.82 Å². The zero-order chi connectivity index (χ0) is 13.3. The average Bonchev–Trinajstić information content (AvgIpc) is 2.24. The van der Waals surface area contributed by atoms with Gasteiger partial charge in [0.25, 0.3) is 0 Å². The minimum atomic E-state index is -0.716. The average molecular weight is 396 g/mol. The van der Waals surface area contributed by atoms with Gasteiger partial charge in [0.1, 0.15) is 18.3 Å². The third-order valence-corrected chi connectivity index (χ3v) is 1.93. The summed E-state index contributed by atoms with van der Waals surface area (Å²) in [5.41, 5.74) is 0. The van der Waals surface area contributed by atoms with Crippen LogP contribution in [0.3, 0.4) is 0 Å². The second-order valence-corrected chi connectivity index (χ2v) is 8.07. The summed E-state index contributed by atoms with van der Waals surface area (Å²) in [4.78, 5) is 0.970. The minimum Gasteiger partial charge on any atom is -0.493 e. The number of ether oxygens (including phenoxy) is 1. The Hall–Kier alpha value is 1.16. The number of rotatable bonds is 4. The number of aliphatic hydroxyl groups is 2. The van der Waals surface area contributed by atoms with Crippen LogP contribution in [0.4, 0.5) is 0 Å². The fourth-order valence-corrected chi connectivity index (χ4v) is 1.37. The van der Waals surface area contributed by atoms with E-state index in [9.17, 15) is 5.11 Å². The Balaban J connectivity index is 0.000000770. The summed E-state index contributed by atoms with van der Waals surface area (Å²) in [6, 6.07) is 0. The number of hydrogen-bond acceptors (Lipinski definition) is 5. The summed E-state index contributed by atoms with van der Waals surface area (Å²) < 4.78 is 17.3. The monoisotopic (exact) mass is 396 g/mol. The van der Waals surface area contributed by atoms with E-state index in [1.165, 1.54) is 12.3 Å². The minimum absolute atomic E-state index is 0.0729. The van der Waals surface area contributed by atoms with Crippen molar-refractivity contribution in [3.8, 4) is 0 Å². The first-order valence-corrected chi connectivity index (χ1v) is 9.85. The van der Waals surface area contributed by atoms with Crippen molar-refractivity contribution in [2.24, 2.45) is 0 Å². The molecule has 0 saturated carbocycles. The van der Waals surface area contributed by atoms with Crippen molar-refractivity contribution in [3.63, 3.8) is 0 Å². The second kappa shape index (κ2) is 10.1. The zero-order valence-electron chi connectivity index (χ0n) is 9.65. The summed E-state index contributed by atoms with van der Waals surface area (Å²) >= 11 is 6.43. The van der Waals surface area contributed by atoms with Crippen molar-refractivity contribution in [3.05, 3.63) is 12.3 Å². The van der Waals surface area contributed by atoms with Crippen molar-refractivity contribution in [1.82, 2.24) is 0 Å². The zero-order valence-corrected chi connectivity index (χ0v) is 13.7. The third-order valence-electron chi connectivity index (χ3n) is 1.77. The number of hydrogen-bond donors (Lipinski definition) is 2. The Bertz CT molecular complexity index is 252. The summed E-state index contributed by atoms with van der Waals surface area (Å²) in [6.45, 7) is 1.83. The largest absolute Gasteiger partial charge is 0.493 e. The maximum absolute atomic E-state index is 9.60. The maximum Gasteiger partial charge on any atom is 0.312 e. The highest BCUT2D eigenvalue weighted by molar-refractivity contribution is 14.2. The lowest BCUT2D eigenvalue weighted by molar-refractivity contribution is -0.0683. The van der Waals surface area contributed by atoms with Gasteiger partial charge in [-0.05, 0) is 39.9 Å². The molecule has 0 saturated heterocycles. The van der Waals surface area contributed by atoms with Gasteiger partial charge in [-0.15, -0.1) is 9.12 Å². The predicted molar refractivity (Wildman–Crippen MR) is 81.6 cm³/mol. The van der Waals surface area contributed by atoms with Gasteiger partial charge < -0.3 is 19.6 Å². The molecule has 0 aliphatic carbocycles. The van der Waals surface area contributed by atoms with Gasteiger partial charge >= 0.3 is 6.64 Å².